The summed E-state index contributed by atoms with van der Waals surface area (Å²) in [5.41, 5.74) is 6.69. The molecular weight excluding hydrogens is 226 g/mol. The number of hydrogen-bond donors (Lipinski definition) is 2. The molecule has 0 bridgehead atoms. The lowest BCUT2D eigenvalue weighted by molar-refractivity contribution is -0.128. The first-order valence-corrected chi connectivity index (χ1v) is 6.68. The summed E-state index contributed by atoms with van der Waals surface area (Å²) in [6.07, 6.45) is 7.82. The molecule has 1 aliphatic carbocycles. The van der Waals surface area contributed by atoms with Gasteiger partial charge in [0.05, 0.1) is 5.54 Å². The third kappa shape index (κ3) is 2.93. The quantitative estimate of drug-likeness (QED) is 0.854. The Bertz CT molecular complexity index is 426. The summed E-state index contributed by atoms with van der Waals surface area (Å²) in [6, 6.07) is 2.01. The summed E-state index contributed by atoms with van der Waals surface area (Å²) in [7, 11) is 1.97. The molecule has 1 aromatic rings. The largest absolute Gasteiger partial charge is 0.357 e. The zero-order chi connectivity index (χ0) is 13.2. The molecule has 2 rings (SSSR count). The van der Waals surface area contributed by atoms with Crippen LogP contribution >= 0.6 is 0 Å². The van der Waals surface area contributed by atoms with Gasteiger partial charge in [-0.05, 0) is 30.4 Å². The van der Waals surface area contributed by atoms with Crippen LogP contribution in [0.5, 0.6) is 0 Å². The Morgan fingerprint density at radius 1 is 1.67 bits per heavy atom. The van der Waals surface area contributed by atoms with Gasteiger partial charge >= 0.3 is 0 Å². The topological polar surface area (TPSA) is 60.1 Å². The van der Waals surface area contributed by atoms with E-state index in [9.17, 15) is 4.79 Å². The number of aromatic nitrogens is 1. The SMILES string of the molecule is CC1CCCC(N)(C(=O)NCc2ccn(C)c2)C1. The predicted molar refractivity (Wildman–Crippen MR) is 71.8 cm³/mol. The molecule has 1 aliphatic rings. The van der Waals surface area contributed by atoms with E-state index in [0.717, 1.165) is 24.8 Å². The molecule has 3 N–H and O–H groups in total. The third-order valence-electron chi connectivity index (χ3n) is 3.83. The third-order valence-corrected chi connectivity index (χ3v) is 3.83. The van der Waals surface area contributed by atoms with Gasteiger partial charge in [0.15, 0.2) is 0 Å². The lowest BCUT2D eigenvalue weighted by Gasteiger charge is -2.35. The van der Waals surface area contributed by atoms with Gasteiger partial charge in [-0.15, -0.1) is 0 Å². The lowest BCUT2D eigenvalue weighted by atomic mass is 9.76. The Morgan fingerprint density at radius 3 is 3.06 bits per heavy atom. The molecule has 100 valence electrons. The molecule has 0 saturated heterocycles. The second kappa shape index (κ2) is 5.14. The van der Waals surface area contributed by atoms with Gasteiger partial charge in [-0.2, -0.15) is 0 Å². The molecule has 2 unspecified atom stereocenters. The molecule has 1 amide bonds. The number of rotatable bonds is 3. The van der Waals surface area contributed by atoms with Gasteiger partial charge in [0.2, 0.25) is 5.91 Å². The Hall–Kier alpha value is -1.29. The number of aryl methyl sites for hydroxylation is 1. The maximum atomic E-state index is 12.2. The molecule has 0 spiro atoms. The van der Waals surface area contributed by atoms with E-state index in [-0.39, 0.29) is 5.91 Å². The fourth-order valence-corrected chi connectivity index (χ4v) is 2.82. The number of nitrogens with one attached hydrogen (secondary N) is 1. The van der Waals surface area contributed by atoms with Gasteiger partial charge in [-0.1, -0.05) is 19.8 Å². The highest BCUT2D eigenvalue weighted by Gasteiger charge is 2.37. The van der Waals surface area contributed by atoms with Crippen molar-refractivity contribution < 1.29 is 4.79 Å². The summed E-state index contributed by atoms with van der Waals surface area (Å²) in [4.78, 5) is 12.2. The molecule has 18 heavy (non-hydrogen) atoms. The normalized spacial score (nSPS) is 28.1. The average molecular weight is 249 g/mol. The molecule has 1 aromatic heterocycles. The zero-order valence-electron chi connectivity index (χ0n) is 11.3. The summed E-state index contributed by atoms with van der Waals surface area (Å²) >= 11 is 0. The van der Waals surface area contributed by atoms with Crippen LogP contribution in [0.15, 0.2) is 18.5 Å². The first kappa shape index (κ1) is 13.1. The second-order valence-corrected chi connectivity index (χ2v) is 5.73. The first-order chi connectivity index (χ1) is 8.49. The Balaban J connectivity index is 1.91. The van der Waals surface area contributed by atoms with E-state index in [2.05, 4.69) is 12.2 Å². The fourth-order valence-electron chi connectivity index (χ4n) is 2.82. The number of carbonyl (C=O) groups excluding carboxylic acids is 1. The maximum Gasteiger partial charge on any atom is 0.240 e. The minimum atomic E-state index is -0.660. The van der Waals surface area contributed by atoms with Crippen LogP contribution in [0.3, 0.4) is 0 Å². The van der Waals surface area contributed by atoms with E-state index in [0.29, 0.717) is 12.5 Å². The van der Waals surface area contributed by atoms with Gasteiger partial charge in [-0.25, -0.2) is 0 Å². The Labute approximate surface area is 109 Å². The molecule has 1 heterocycles. The monoisotopic (exact) mass is 249 g/mol. The van der Waals surface area contributed by atoms with Crippen LogP contribution in [0.25, 0.3) is 0 Å². The molecular formula is C14H23N3O. The van der Waals surface area contributed by atoms with Crippen molar-refractivity contribution in [3.8, 4) is 0 Å². The van der Waals surface area contributed by atoms with Crippen molar-refractivity contribution in [2.75, 3.05) is 0 Å². The van der Waals surface area contributed by atoms with Gasteiger partial charge in [0, 0.05) is 26.0 Å². The molecule has 1 fully saturated rings. The minimum absolute atomic E-state index is 0.00194. The van der Waals surface area contributed by atoms with Crippen molar-refractivity contribution in [2.24, 2.45) is 18.7 Å². The van der Waals surface area contributed by atoms with E-state index >= 15 is 0 Å². The number of nitrogens with two attached hydrogens (primary N) is 1. The average Bonchev–Trinajstić information content (AvgIpc) is 2.71. The van der Waals surface area contributed by atoms with E-state index in [1.165, 1.54) is 6.42 Å². The second-order valence-electron chi connectivity index (χ2n) is 5.73. The summed E-state index contributed by atoms with van der Waals surface area (Å²) < 4.78 is 1.97. The van der Waals surface area contributed by atoms with Crippen molar-refractivity contribution >= 4 is 5.91 Å². The first-order valence-electron chi connectivity index (χ1n) is 6.68. The van der Waals surface area contributed by atoms with Crippen molar-refractivity contribution in [3.63, 3.8) is 0 Å². The minimum Gasteiger partial charge on any atom is -0.357 e. The molecule has 2 atom stereocenters. The van der Waals surface area contributed by atoms with Crippen LogP contribution < -0.4 is 11.1 Å². The van der Waals surface area contributed by atoms with Gasteiger partial charge in [0.25, 0.3) is 0 Å². The fraction of sp³-hybridized carbons (Fsp3) is 0.643. The predicted octanol–water partition coefficient (Wildman–Crippen LogP) is 1.55. The summed E-state index contributed by atoms with van der Waals surface area (Å²) in [5, 5.41) is 2.97. The van der Waals surface area contributed by atoms with Crippen molar-refractivity contribution in [1.82, 2.24) is 9.88 Å². The van der Waals surface area contributed by atoms with Crippen LogP contribution in [0.4, 0.5) is 0 Å². The number of hydrogen-bond acceptors (Lipinski definition) is 2. The lowest BCUT2D eigenvalue weighted by Crippen LogP contribution is -2.56. The van der Waals surface area contributed by atoms with E-state index in [1.54, 1.807) is 0 Å². The van der Waals surface area contributed by atoms with Crippen molar-refractivity contribution in [3.05, 3.63) is 24.0 Å². The van der Waals surface area contributed by atoms with Crippen LogP contribution in [-0.2, 0) is 18.4 Å². The van der Waals surface area contributed by atoms with E-state index in [4.69, 9.17) is 5.73 Å². The Morgan fingerprint density at radius 2 is 2.44 bits per heavy atom. The van der Waals surface area contributed by atoms with Crippen LogP contribution in [0, 0.1) is 5.92 Å². The maximum absolute atomic E-state index is 12.2. The molecule has 0 aromatic carbocycles. The Kier molecular flexibility index (Phi) is 3.76. The number of amides is 1. The summed E-state index contributed by atoms with van der Waals surface area (Å²) in [5.74, 6) is 0.545. The van der Waals surface area contributed by atoms with E-state index in [1.807, 2.05) is 30.1 Å². The number of nitrogens with zero attached hydrogens (tertiary/aromatic N) is 1. The van der Waals surface area contributed by atoms with E-state index < -0.39 is 5.54 Å². The summed E-state index contributed by atoms with van der Waals surface area (Å²) in [6.45, 7) is 2.73. The van der Waals surface area contributed by atoms with Crippen LogP contribution in [0.2, 0.25) is 0 Å². The smallest absolute Gasteiger partial charge is 0.240 e. The molecule has 0 radical (unpaired) electrons. The van der Waals surface area contributed by atoms with Crippen LogP contribution in [-0.4, -0.2) is 16.0 Å². The highest BCUT2D eigenvalue weighted by Crippen LogP contribution is 2.30. The van der Waals surface area contributed by atoms with Crippen molar-refractivity contribution in [1.29, 1.82) is 0 Å². The highest BCUT2D eigenvalue weighted by molar-refractivity contribution is 5.86. The molecule has 4 nitrogen and oxygen atoms in total. The highest BCUT2D eigenvalue weighted by atomic mass is 16.2. The van der Waals surface area contributed by atoms with Gasteiger partial charge in [-0.3, -0.25) is 4.79 Å². The molecule has 1 saturated carbocycles. The molecule has 4 heteroatoms. The van der Waals surface area contributed by atoms with Crippen molar-refractivity contribution in [2.45, 2.75) is 44.7 Å². The zero-order valence-corrected chi connectivity index (χ0v) is 11.3. The standard InChI is InChI=1S/C14H23N3O/c1-11-4-3-6-14(15,8-11)13(18)16-9-12-5-7-17(2)10-12/h5,7,10-11H,3-4,6,8-9,15H2,1-2H3,(H,16,18). The number of carbonyl (C=O) groups is 1. The van der Waals surface area contributed by atoms with Gasteiger partial charge in [0.1, 0.15) is 0 Å². The van der Waals surface area contributed by atoms with Gasteiger partial charge < -0.3 is 15.6 Å². The molecule has 0 aliphatic heterocycles. The van der Waals surface area contributed by atoms with Crippen LogP contribution in [0.1, 0.15) is 38.2 Å².